The van der Waals surface area contributed by atoms with Gasteiger partial charge in [-0.1, -0.05) is 12.2 Å². The van der Waals surface area contributed by atoms with Crippen molar-refractivity contribution in [2.24, 2.45) is 11.1 Å². The molecule has 0 radical (unpaired) electrons. The van der Waals surface area contributed by atoms with Gasteiger partial charge >= 0.3 is 6.03 Å². The number of nitrogens with zero attached hydrogens (tertiary/aromatic N) is 1. The molecule has 0 bridgehead atoms. The highest BCUT2D eigenvalue weighted by molar-refractivity contribution is 7.80. The molecule has 2 aliphatic rings. The lowest BCUT2D eigenvalue weighted by Crippen LogP contribution is -2.37. The molecule has 0 spiro atoms. The van der Waals surface area contributed by atoms with Crippen molar-refractivity contribution in [3.05, 3.63) is 0 Å². The van der Waals surface area contributed by atoms with Crippen molar-refractivity contribution >= 4 is 29.1 Å². The highest BCUT2D eigenvalue weighted by Gasteiger charge is 2.47. The van der Waals surface area contributed by atoms with E-state index in [0.717, 1.165) is 12.8 Å². The number of rotatable bonds is 4. The molecule has 1 aliphatic carbocycles. The molecule has 82 valence electrons. The van der Waals surface area contributed by atoms with Crippen molar-refractivity contribution in [3.63, 3.8) is 0 Å². The summed E-state index contributed by atoms with van der Waals surface area (Å²) in [5.74, 6) is -0.158. The molecular formula is C9H13N3O2S. The summed E-state index contributed by atoms with van der Waals surface area (Å²) in [6.07, 6.45) is 2.60. The molecule has 0 atom stereocenters. The third kappa shape index (κ3) is 2.09. The van der Waals surface area contributed by atoms with Crippen molar-refractivity contribution in [2.75, 3.05) is 13.1 Å². The second-order valence-corrected chi connectivity index (χ2v) is 4.81. The van der Waals surface area contributed by atoms with E-state index in [4.69, 9.17) is 18.0 Å². The molecular weight excluding hydrogens is 214 g/mol. The van der Waals surface area contributed by atoms with Gasteiger partial charge in [-0.05, 0) is 18.3 Å². The Kier molecular flexibility index (Phi) is 2.38. The van der Waals surface area contributed by atoms with Crippen LogP contribution >= 0.6 is 12.2 Å². The average Bonchev–Trinajstić information content (AvgIpc) is 2.82. The monoisotopic (exact) mass is 227 g/mol. The Morgan fingerprint density at radius 1 is 1.53 bits per heavy atom. The van der Waals surface area contributed by atoms with Gasteiger partial charge in [0.2, 0.25) is 5.91 Å². The highest BCUT2D eigenvalue weighted by atomic mass is 32.1. The molecule has 3 N–H and O–H groups in total. The predicted molar refractivity (Wildman–Crippen MR) is 58.2 cm³/mol. The van der Waals surface area contributed by atoms with Gasteiger partial charge in [-0.2, -0.15) is 0 Å². The first kappa shape index (κ1) is 10.4. The molecule has 15 heavy (non-hydrogen) atoms. The van der Waals surface area contributed by atoms with E-state index in [-0.39, 0.29) is 23.9 Å². The Hall–Kier alpha value is -1.17. The van der Waals surface area contributed by atoms with Crippen LogP contribution in [0.2, 0.25) is 0 Å². The normalized spacial score (nSPS) is 22.8. The number of imide groups is 1. The number of carbonyl (C=O) groups is 2. The number of hydrogen-bond acceptors (Lipinski definition) is 3. The predicted octanol–water partition coefficient (Wildman–Crippen LogP) is -0.00540. The molecule has 1 saturated heterocycles. The maximum atomic E-state index is 11.4. The Labute approximate surface area is 93.0 Å². The molecule has 0 unspecified atom stereocenters. The van der Waals surface area contributed by atoms with Crippen LogP contribution in [0.1, 0.15) is 19.3 Å². The fourth-order valence-electron chi connectivity index (χ4n) is 1.89. The zero-order chi connectivity index (χ0) is 11.1. The Bertz CT molecular complexity index is 322. The zero-order valence-electron chi connectivity index (χ0n) is 8.28. The van der Waals surface area contributed by atoms with Gasteiger partial charge in [0.05, 0.1) is 11.5 Å². The van der Waals surface area contributed by atoms with E-state index in [1.807, 2.05) is 0 Å². The van der Waals surface area contributed by atoms with Crippen molar-refractivity contribution in [1.29, 1.82) is 0 Å². The molecule has 0 aromatic carbocycles. The Balaban J connectivity index is 1.99. The van der Waals surface area contributed by atoms with Gasteiger partial charge in [0, 0.05) is 13.0 Å². The van der Waals surface area contributed by atoms with Crippen LogP contribution in [0.25, 0.3) is 0 Å². The molecule has 1 heterocycles. The quantitative estimate of drug-likeness (QED) is 0.523. The summed E-state index contributed by atoms with van der Waals surface area (Å²) in [6.45, 7) is 0.566. The van der Waals surface area contributed by atoms with Gasteiger partial charge in [0.25, 0.3) is 0 Å². The van der Waals surface area contributed by atoms with Crippen LogP contribution < -0.4 is 11.1 Å². The number of urea groups is 1. The number of hydrogen-bond donors (Lipinski definition) is 2. The molecule has 0 aromatic heterocycles. The van der Waals surface area contributed by atoms with E-state index in [2.05, 4.69) is 5.32 Å². The number of thiocarbonyl (C=S) groups is 1. The van der Waals surface area contributed by atoms with Gasteiger partial charge in [-0.15, -0.1) is 0 Å². The first-order valence-electron chi connectivity index (χ1n) is 4.89. The Morgan fingerprint density at radius 3 is 2.60 bits per heavy atom. The number of nitrogens with one attached hydrogen (secondary N) is 1. The smallest absolute Gasteiger partial charge is 0.324 e. The standard InChI is InChI=1S/C9H13N3O2S/c10-6(15)3-9(1-2-9)5-12-7(13)4-11-8(12)14/h1-5H2,(H2,10,15)(H,11,14). The lowest BCUT2D eigenvalue weighted by molar-refractivity contribution is -0.125. The van der Waals surface area contributed by atoms with E-state index < -0.39 is 0 Å². The minimum atomic E-state index is -0.297. The van der Waals surface area contributed by atoms with E-state index >= 15 is 0 Å². The van der Waals surface area contributed by atoms with Crippen LogP contribution in [0.5, 0.6) is 0 Å². The maximum absolute atomic E-state index is 11.4. The van der Waals surface area contributed by atoms with Crippen LogP contribution in [-0.2, 0) is 4.79 Å². The summed E-state index contributed by atoms with van der Waals surface area (Å²) in [7, 11) is 0. The van der Waals surface area contributed by atoms with Crippen molar-refractivity contribution in [2.45, 2.75) is 19.3 Å². The van der Waals surface area contributed by atoms with Crippen molar-refractivity contribution in [1.82, 2.24) is 10.2 Å². The minimum Gasteiger partial charge on any atom is -0.393 e. The topological polar surface area (TPSA) is 75.4 Å². The largest absolute Gasteiger partial charge is 0.393 e. The van der Waals surface area contributed by atoms with E-state index in [0.29, 0.717) is 18.0 Å². The summed E-state index contributed by atoms with van der Waals surface area (Å²) >= 11 is 4.86. The van der Waals surface area contributed by atoms with Gasteiger partial charge in [-0.25, -0.2) is 4.79 Å². The van der Waals surface area contributed by atoms with Crippen LogP contribution in [0.15, 0.2) is 0 Å². The Morgan fingerprint density at radius 2 is 2.20 bits per heavy atom. The number of amides is 3. The van der Waals surface area contributed by atoms with E-state index in [9.17, 15) is 9.59 Å². The number of carbonyl (C=O) groups excluding carboxylic acids is 2. The fourth-order valence-corrected chi connectivity index (χ4v) is 2.19. The first-order chi connectivity index (χ1) is 7.02. The summed E-state index contributed by atoms with van der Waals surface area (Å²) in [5, 5.41) is 2.50. The van der Waals surface area contributed by atoms with E-state index in [1.54, 1.807) is 0 Å². The zero-order valence-corrected chi connectivity index (χ0v) is 9.10. The molecule has 1 aliphatic heterocycles. The molecule has 5 nitrogen and oxygen atoms in total. The summed E-state index contributed by atoms with van der Waals surface area (Å²) in [5.41, 5.74) is 5.46. The van der Waals surface area contributed by atoms with Crippen LogP contribution in [0.3, 0.4) is 0 Å². The van der Waals surface area contributed by atoms with Crippen LogP contribution in [0.4, 0.5) is 4.79 Å². The maximum Gasteiger partial charge on any atom is 0.324 e. The summed E-state index contributed by atoms with van der Waals surface area (Å²) in [4.78, 5) is 24.4. The summed E-state index contributed by atoms with van der Waals surface area (Å²) in [6, 6.07) is -0.297. The average molecular weight is 227 g/mol. The lowest BCUT2D eigenvalue weighted by Gasteiger charge is -2.20. The third-order valence-electron chi connectivity index (χ3n) is 2.94. The van der Waals surface area contributed by atoms with Crippen molar-refractivity contribution < 1.29 is 9.59 Å². The molecule has 6 heteroatoms. The number of nitrogens with two attached hydrogens (primary N) is 1. The molecule has 0 aromatic rings. The first-order valence-corrected chi connectivity index (χ1v) is 5.30. The SMILES string of the molecule is NC(=S)CC1(CN2C(=O)CNC2=O)CC1. The van der Waals surface area contributed by atoms with Crippen LogP contribution in [0, 0.1) is 5.41 Å². The second-order valence-electron chi connectivity index (χ2n) is 4.28. The summed E-state index contributed by atoms with van der Waals surface area (Å²) < 4.78 is 0. The highest BCUT2D eigenvalue weighted by Crippen LogP contribution is 2.49. The van der Waals surface area contributed by atoms with E-state index in [1.165, 1.54) is 4.90 Å². The molecule has 2 rings (SSSR count). The lowest BCUT2D eigenvalue weighted by atomic mass is 10.0. The minimum absolute atomic E-state index is 0.0246. The third-order valence-corrected chi connectivity index (χ3v) is 3.08. The van der Waals surface area contributed by atoms with Gasteiger partial charge in [-0.3, -0.25) is 9.69 Å². The molecule has 3 amide bonds. The molecule has 1 saturated carbocycles. The van der Waals surface area contributed by atoms with Crippen molar-refractivity contribution in [3.8, 4) is 0 Å². The molecule has 2 fully saturated rings. The van der Waals surface area contributed by atoms with Gasteiger partial charge in [0.1, 0.15) is 0 Å². The van der Waals surface area contributed by atoms with Crippen LogP contribution in [-0.4, -0.2) is 34.9 Å². The van der Waals surface area contributed by atoms with Gasteiger partial charge < -0.3 is 11.1 Å². The fraction of sp³-hybridized carbons (Fsp3) is 0.667. The second kappa shape index (κ2) is 3.44. The van der Waals surface area contributed by atoms with Gasteiger partial charge in [0.15, 0.2) is 0 Å².